The summed E-state index contributed by atoms with van der Waals surface area (Å²) in [5.41, 5.74) is 3.39. The van der Waals surface area contributed by atoms with Crippen LogP contribution in [0, 0.1) is 11.7 Å². The van der Waals surface area contributed by atoms with Crippen LogP contribution in [0.1, 0.15) is 46.7 Å². The summed E-state index contributed by atoms with van der Waals surface area (Å²) >= 11 is 0. The molecule has 1 aromatic carbocycles. The summed E-state index contributed by atoms with van der Waals surface area (Å²) in [6.45, 7) is 4.36. The van der Waals surface area contributed by atoms with E-state index in [1.807, 2.05) is 11.0 Å². The van der Waals surface area contributed by atoms with Crippen LogP contribution in [0.25, 0.3) is 0 Å². The molecule has 1 amide bonds. The van der Waals surface area contributed by atoms with Crippen molar-refractivity contribution in [3.8, 4) is 0 Å². The molecular weight excluding hydrogens is 307 g/mol. The summed E-state index contributed by atoms with van der Waals surface area (Å²) in [6.07, 6.45) is 1.77. The number of rotatable bonds is 2. The first kappa shape index (κ1) is 15.3. The number of carbonyl (C=O) groups is 1. The molecule has 3 heterocycles. The number of likely N-dealkylation sites (tertiary alicyclic amines) is 1. The van der Waals surface area contributed by atoms with Gasteiger partial charge in [-0.15, -0.1) is 0 Å². The molecular formula is C18H21FN4O. The molecule has 0 aliphatic carbocycles. The number of amides is 1. The topological polar surface area (TPSA) is 61.0 Å². The van der Waals surface area contributed by atoms with Crippen molar-refractivity contribution in [3.63, 3.8) is 0 Å². The first-order valence-electron chi connectivity index (χ1n) is 8.48. The van der Waals surface area contributed by atoms with E-state index in [9.17, 15) is 9.18 Å². The molecule has 2 aromatic rings. The Kier molecular flexibility index (Phi) is 3.84. The Morgan fingerprint density at radius 2 is 2.29 bits per heavy atom. The number of nitrogens with one attached hydrogen (secondary N) is 2. The van der Waals surface area contributed by atoms with E-state index < -0.39 is 0 Å². The molecule has 1 fully saturated rings. The number of halogens is 1. The minimum absolute atomic E-state index is 0.0604. The van der Waals surface area contributed by atoms with Crippen molar-refractivity contribution in [1.29, 1.82) is 0 Å². The second kappa shape index (κ2) is 6.02. The Hall–Kier alpha value is -2.21. The number of hydrogen-bond acceptors (Lipinski definition) is 3. The van der Waals surface area contributed by atoms with Gasteiger partial charge in [0.1, 0.15) is 5.82 Å². The van der Waals surface area contributed by atoms with Gasteiger partial charge in [-0.25, -0.2) is 4.39 Å². The molecule has 1 aromatic heterocycles. The number of carbonyl (C=O) groups excluding carboxylic acids is 1. The molecule has 2 atom stereocenters. The summed E-state index contributed by atoms with van der Waals surface area (Å²) in [4.78, 5) is 15.0. The van der Waals surface area contributed by atoms with Crippen LogP contribution in [-0.2, 0) is 13.0 Å². The zero-order chi connectivity index (χ0) is 16.7. The highest BCUT2D eigenvalue weighted by Gasteiger charge is 2.38. The largest absolute Gasteiger partial charge is 0.330 e. The number of nitrogens with zero attached hydrogens (tertiary/aromatic N) is 2. The Labute approximate surface area is 140 Å². The molecule has 0 bridgehead atoms. The fraction of sp³-hybridized carbons (Fsp3) is 0.444. The van der Waals surface area contributed by atoms with E-state index in [4.69, 9.17) is 0 Å². The van der Waals surface area contributed by atoms with Gasteiger partial charge in [-0.2, -0.15) is 5.10 Å². The lowest BCUT2D eigenvalue weighted by molar-refractivity contribution is 0.0713. The molecule has 0 saturated carbocycles. The van der Waals surface area contributed by atoms with E-state index in [0.717, 1.165) is 36.2 Å². The first-order valence-corrected chi connectivity index (χ1v) is 8.48. The van der Waals surface area contributed by atoms with Crippen LogP contribution >= 0.6 is 0 Å². The third kappa shape index (κ3) is 2.51. The molecule has 2 aliphatic heterocycles. The zero-order valence-electron chi connectivity index (χ0n) is 13.7. The van der Waals surface area contributed by atoms with E-state index in [1.165, 1.54) is 12.1 Å². The van der Waals surface area contributed by atoms with Gasteiger partial charge in [0.2, 0.25) is 0 Å². The number of H-pyrrole nitrogens is 1. The Morgan fingerprint density at radius 1 is 1.42 bits per heavy atom. The standard InChI is InChI=1S/C18H21FN4O/c1-11-6-8-23(17(11)12-3-2-4-13(19)9-12)18(24)16-14-10-20-7-5-15(14)21-22-16/h2-4,9,11,17,20H,5-8,10H2,1H3,(H,21,22). The van der Waals surface area contributed by atoms with E-state index >= 15 is 0 Å². The summed E-state index contributed by atoms with van der Waals surface area (Å²) in [7, 11) is 0. The molecule has 2 aliphatic rings. The summed E-state index contributed by atoms with van der Waals surface area (Å²) in [6, 6.07) is 6.48. The van der Waals surface area contributed by atoms with Gasteiger partial charge in [0.25, 0.3) is 5.91 Å². The fourth-order valence-corrected chi connectivity index (χ4v) is 3.91. The van der Waals surface area contributed by atoms with Crippen molar-refractivity contribution in [1.82, 2.24) is 20.4 Å². The Balaban J connectivity index is 1.67. The maximum atomic E-state index is 13.6. The number of fused-ring (bicyclic) bond motifs is 1. The van der Waals surface area contributed by atoms with E-state index in [1.54, 1.807) is 6.07 Å². The maximum absolute atomic E-state index is 13.6. The van der Waals surface area contributed by atoms with Gasteiger partial charge in [-0.05, 0) is 30.0 Å². The molecule has 2 N–H and O–H groups in total. The predicted octanol–water partition coefficient (Wildman–Crippen LogP) is 2.42. The van der Waals surface area contributed by atoms with Crippen molar-refractivity contribution in [2.45, 2.75) is 32.4 Å². The zero-order valence-corrected chi connectivity index (χ0v) is 13.7. The van der Waals surface area contributed by atoms with Gasteiger partial charge in [0.05, 0.1) is 6.04 Å². The van der Waals surface area contributed by atoms with Gasteiger partial charge < -0.3 is 10.2 Å². The van der Waals surface area contributed by atoms with Crippen LogP contribution in [0.2, 0.25) is 0 Å². The van der Waals surface area contributed by atoms with Crippen LogP contribution in [0.15, 0.2) is 24.3 Å². The van der Waals surface area contributed by atoms with Crippen LogP contribution < -0.4 is 5.32 Å². The normalized spacial score (nSPS) is 23.3. The van der Waals surface area contributed by atoms with Gasteiger partial charge in [0.15, 0.2) is 5.69 Å². The lowest BCUT2D eigenvalue weighted by Gasteiger charge is -2.27. The Bertz CT molecular complexity index is 772. The average molecular weight is 328 g/mol. The maximum Gasteiger partial charge on any atom is 0.275 e. The summed E-state index contributed by atoms with van der Waals surface area (Å²) in [5.74, 6) is -0.0289. The van der Waals surface area contributed by atoms with Crippen molar-refractivity contribution < 1.29 is 9.18 Å². The highest BCUT2D eigenvalue weighted by atomic mass is 19.1. The van der Waals surface area contributed by atoms with Crippen LogP contribution in [0.5, 0.6) is 0 Å². The molecule has 6 heteroatoms. The van der Waals surface area contributed by atoms with E-state index in [0.29, 0.717) is 24.7 Å². The second-order valence-corrected chi connectivity index (χ2v) is 6.72. The molecule has 4 rings (SSSR count). The average Bonchev–Trinajstić information content (AvgIpc) is 3.18. The van der Waals surface area contributed by atoms with Crippen LogP contribution in [0.3, 0.4) is 0 Å². The summed E-state index contributed by atoms with van der Waals surface area (Å²) < 4.78 is 13.6. The lowest BCUT2D eigenvalue weighted by Crippen LogP contribution is -2.33. The van der Waals surface area contributed by atoms with E-state index in [2.05, 4.69) is 22.4 Å². The van der Waals surface area contributed by atoms with Crippen molar-refractivity contribution in [2.75, 3.05) is 13.1 Å². The van der Waals surface area contributed by atoms with Gasteiger partial charge >= 0.3 is 0 Å². The molecule has 24 heavy (non-hydrogen) atoms. The lowest BCUT2D eigenvalue weighted by atomic mass is 9.95. The number of hydrogen-bond donors (Lipinski definition) is 2. The third-order valence-corrected chi connectivity index (χ3v) is 5.16. The second-order valence-electron chi connectivity index (χ2n) is 6.72. The minimum atomic E-state index is -0.264. The van der Waals surface area contributed by atoms with Crippen LogP contribution in [-0.4, -0.2) is 34.1 Å². The molecule has 126 valence electrons. The highest BCUT2D eigenvalue weighted by Crippen LogP contribution is 2.38. The van der Waals surface area contributed by atoms with Crippen LogP contribution in [0.4, 0.5) is 4.39 Å². The number of benzene rings is 1. The monoisotopic (exact) mass is 328 g/mol. The molecule has 1 saturated heterocycles. The highest BCUT2D eigenvalue weighted by molar-refractivity contribution is 5.94. The molecule has 0 spiro atoms. The number of aromatic nitrogens is 2. The van der Waals surface area contributed by atoms with Crippen molar-refractivity contribution in [3.05, 3.63) is 52.6 Å². The molecule has 2 unspecified atom stereocenters. The molecule has 0 radical (unpaired) electrons. The third-order valence-electron chi connectivity index (χ3n) is 5.16. The quantitative estimate of drug-likeness (QED) is 0.890. The van der Waals surface area contributed by atoms with Gasteiger partial charge in [0, 0.05) is 37.3 Å². The first-order chi connectivity index (χ1) is 11.6. The van der Waals surface area contributed by atoms with Gasteiger partial charge in [-0.1, -0.05) is 19.1 Å². The SMILES string of the molecule is CC1CCN(C(=O)c2n[nH]c3c2CNCC3)C1c1cccc(F)c1. The van der Waals surface area contributed by atoms with Gasteiger partial charge in [-0.3, -0.25) is 9.89 Å². The number of aromatic amines is 1. The smallest absolute Gasteiger partial charge is 0.275 e. The van der Waals surface area contributed by atoms with Crippen molar-refractivity contribution in [2.24, 2.45) is 5.92 Å². The fourth-order valence-electron chi connectivity index (χ4n) is 3.91. The van der Waals surface area contributed by atoms with Crippen molar-refractivity contribution >= 4 is 5.91 Å². The summed E-state index contributed by atoms with van der Waals surface area (Å²) in [5, 5.41) is 10.6. The Morgan fingerprint density at radius 3 is 3.12 bits per heavy atom. The molecule has 5 nitrogen and oxygen atoms in total. The predicted molar refractivity (Wildman–Crippen MR) is 88.0 cm³/mol. The minimum Gasteiger partial charge on any atom is -0.330 e. The van der Waals surface area contributed by atoms with E-state index in [-0.39, 0.29) is 17.8 Å².